The highest BCUT2D eigenvalue weighted by Gasteiger charge is 2.29. The largest absolute Gasteiger partial charge is 0.447 e. The molecule has 0 saturated heterocycles. The van der Waals surface area contributed by atoms with E-state index in [0.717, 1.165) is 12.1 Å². The lowest BCUT2D eigenvalue weighted by Crippen LogP contribution is -2.27. The minimum Gasteiger partial charge on any atom is -0.447 e. The van der Waals surface area contributed by atoms with Crippen molar-refractivity contribution < 1.29 is 27.8 Å². The summed E-state index contributed by atoms with van der Waals surface area (Å²) in [6.45, 7) is -0.265. The Morgan fingerprint density at radius 3 is 2.37 bits per heavy atom. The van der Waals surface area contributed by atoms with Crippen molar-refractivity contribution >= 4 is 6.09 Å². The highest BCUT2D eigenvalue weighted by atomic mass is 19.4. The number of carbonyl (C=O) groups excluding carboxylic acids is 1. The van der Waals surface area contributed by atoms with Crippen LogP contribution in [-0.4, -0.2) is 36.4 Å². The molecule has 0 spiro atoms. The Labute approximate surface area is 108 Å². The zero-order valence-electron chi connectivity index (χ0n) is 10.3. The number of alkyl halides is 3. The molecule has 0 aliphatic carbocycles. The Balaban J connectivity index is 2.60. The average Bonchev–Trinajstić information content (AvgIpc) is 2.35. The average molecular weight is 277 g/mol. The third kappa shape index (κ3) is 4.78. The number of amides is 1. The van der Waals surface area contributed by atoms with Gasteiger partial charge in [-0.3, -0.25) is 0 Å². The highest BCUT2D eigenvalue weighted by Crippen LogP contribution is 2.29. The van der Waals surface area contributed by atoms with E-state index in [4.69, 9.17) is 5.11 Å². The Morgan fingerprint density at radius 1 is 1.32 bits per heavy atom. The van der Waals surface area contributed by atoms with Gasteiger partial charge >= 0.3 is 12.3 Å². The molecule has 19 heavy (non-hydrogen) atoms. The number of aliphatic hydroxyl groups is 1. The van der Waals surface area contributed by atoms with Crippen LogP contribution in [0.2, 0.25) is 0 Å². The molecular formula is C12H14F3NO3. The molecule has 4 nitrogen and oxygen atoms in total. The lowest BCUT2D eigenvalue weighted by Gasteiger charge is -2.17. The van der Waals surface area contributed by atoms with Gasteiger partial charge in [0, 0.05) is 13.6 Å². The Kier molecular flexibility index (Phi) is 5.17. The number of nitrogens with zero attached hydrogens (tertiary/aromatic N) is 1. The summed E-state index contributed by atoms with van der Waals surface area (Å²) < 4.78 is 41.7. The monoisotopic (exact) mass is 277 g/mol. The van der Waals surface area contributed by atoms with E-state index >= 15 is 0 Å². The number of aliphatic hydroxyl groups excluding tert-OH is 1. The number of rotatable bonds is 4. The van der Waals surface area contributed by atoms with Crippen molar-refractivity contribution in [3.63, 3.8) is 0 Å². The molecule has 1 aromatic rings. The predicted octanol–water partition coefficient (Wildman–Crippen LogP) is 2.27. The molecule has 0 heterocycles. The van der Waals surface area contributed by atoms with Gasteiger partial charge in [-0.1, -0.05) is 12.1 Å². The fraction of sp³-hybridized carbons (Fsp3) is 0.417. The minimum atomic E-state index is -4.37. The van der Waals surface area contributed by atoms with Gasteiger partial charge < -0.3 is 14.7 Å². The maximum absolute atomic E-state index is 12.3. The normalized spacial score (nSPS) is 11.2. The van der Waals surface area contributed by atoms with Gasteiger partial charge in [0.15, 0.2) is 0 Å². The minimum absolute atomic E-state index is 0.115. The van der Waals surface area contributed by atoms with Crippen LogP contribution in [-0.2, 0) is 17.5 Å². The molecular weight excluding hydrogens is 263 g/mol. The third-order valence-corrected chi connectivity index (χ3v) is 2.33. The summed E-state index contributed by atoms with van der Waals surface area (Å²) >= 11 is 0. The molecule has 1 rings (SSSR count). The molecule has 0 unspecified atom stereocenters. The fourth-order valence-corrected chi connectivity index (χ4v) is 1.38. The van der Waals surface area contributed by atoms with Crippen molar-refractivity contribution in [2.24, 2.45) is 0 Å². The number of carbonyl (C=O) groups is 1. The second-order valence-corrected chi connectivity index (χ2v) is 3.89. The molecule has 0 atom stereocenters. The zero-order valence-corrected chi connectivity index (χ0v) is 10.3. The van der Waals surface area contributed by atoms with E-state index in [1.54, 1.807) is 0 Å². The first kappa shape index (κ1) is 15.3. The van der Waals surface area contributed by atoms with E-state index in [1.165, 1.54) is 24.1 Å². The van der Waals surface area contributed by atoms with E-state index in [2.05, 4.69) is 4.74 Å². The number of ether oxygens (including phenoxy) is 1. The van der Waals surface area contributed by atoms with E-state index in [-0.39, 0.29) is 19.8 Å². The quantitative estimate of drug-likeness (QED) is 0.918. The third-order valence-electron chi connectivity index (χ3n) is 2.33. The van der Waals surface area contributed by atoms with Crippen molar-refractivity contribution in [2.45, 2.75) is 12.7 Å². The summed E-state index contributed by atoms with van der Waals surface area (Å²) in [6, 6.07) is 4.53. The molecule has 0 fully saturated rings. The van der Waals surface area contributed by atoms with Crippen molar-refractivity contribution in [2.75, 3.05) is 20.3 Å². The van der Waals surface area contributed by atoms with Crippen molar-refractivity contribution in [1.29, 1.82) is 0 Å². The van der Waals surface area contributed by atoms with E-state index < -0.39 is 17.8 Å². The van der Waals surface area contributed by atoms with Gasteiger partial charge in [-0.2, -0.15) is 13.2 Å². The number of halogens is 3. The van der Waals surface area contributed by atoms with Gasteiger partial charge in [-0.25, -0.2) is 4.79 Å². The van der Waals surface area contributed by atoms with E-state index in [9.17, 15) is 18.0 Å². The molecule has 106 valence electrons. The second kappa shape index (κ2) is 6.42. The summed E-state index contributed by atoms with van der Waals surface area (Å²) in [5.41, 5.74) is -0.182. The van der Waals surface area contributed by atoms with E-state index in [1.807, 2.05) is 0 Å². The van der Waals surface area contributed by atoms with Crippen LogP contribution in [0.25, 0.3) is 0 Å². The smallest absolute Gasteiger partial charge is 0.416 e. The molecule has 0 aromatic heterocycles. The molecule has 0 aliphatic heterocycles. The Bertz CT molecular complexity index is 417. The van der Waals surface area contributed by atoms with Crippen LogP contribution in [0.1, 0.15) is 11.1 Å². The van der Waals surface area contributed by atoms with Gasteiger partial charge in [0.2, 0.25) is 0 Å². The SMILES string of the molecule is CN(Cc1ccc(C(F)(F)F)cc1)C(=O)OCCO. The molecule has 0 saturated carbocycles. The van der Waals surface area contributed by atoms with Crippen LogP contribution >= 0.6 is 0 Å². The van der Waals surface area contributed by atoms with Gasteiger partial charge in [0.1, 0.15) is 6.61 Å². The second-order valence-electron chi connectivity index (χ2n) is 3.89. The molecule has 7 heteroatoms. The molecule has 0 aliphatic rings. The fourth-order valence-electron chi connectivity index (χ4n) is 1.38. The maximum atomic E-state index is 12.3. The van der Waals surface area contributed by atoms with E-state index in [0.29, 0.717) is 5.56 Å². The first-order valence-corrected chi connectivity index (χ1v) is 5.49. The molecule has 1 amide bonds. The Hall–Kier alpha value is -1.76. The summed E-state index contributed by atoms with van der Waals surface area (Å²) in [5, 5.41) is 8.49. The first-order valence-electron chi connectivity index (χ1n) is 5.49. The highest BCUT2D eigenvalue weighted by molar-refractivity contribution is 5.67. The van der Waals surface area contributed by atoms with Crippen molar-refractivity contribution in [1.82, 2.24) is 4.90 Å². The van der Waals surface area contributed by atoms with Crippen LogP contribution in [0.4, 0.5) is 18.0 Å². The number of hydrogen-bond donors (Lipinski definition) is 1. The Morgan fingerprint density at radius 2 is 1.89 bits per heavy atom. The standard InChI is InChI=1S/C12H14F3NO3/c1-16(11(18)19-7-6-17)8-9-2-4-10(5-3-9)12(13,14)15/h2-5,17H,6-8H2,1H3. The molecule has 0 radical (unpaired) electrons. The summed E-state index contributed by atoms with van der Waals surface area (Å²) in [5.74, 6) is 0. The summed E-state index contributed by atoms with van der Waals surface area (Å²) in [7, 11) is 1.46. The lowest BCUT2D eigenvalue weighted by atomic mass is 10.1. The van der Waals surface area contributed by atoms with Gasteiger partial charge in [-0.15, -0.1) is 0 Å². The van der Waals surface area contributed by atoms with Crippen LogP contribution in [0.15, 0.2) is 24.3 Å². The topological polar surface area (TPSA) is 49.8 Å². The molecule has 0 bridgehead atoms. The summed E-state index contributed by atoms with van der Waals surface area (Å²) in [6.07, 6.45) is -5.02. The number of benzene rings is 1. The van der Waals surface area contributed by atoms with Gasteiger partial charge in [0.25, 0.3) is 0 Å². The van der Waals surface area contributed by atoms with Crippen molar-refractivity contribution in [3.8, 4) is 0 Å². The lowest BCUT2D eigenvalue weighted by molar-refractivity contribution is -0.137. The van der Waals surface area contributed by atoms with Gasteiger partial charge in [0.05, 0.1) is 12.2 Å². The van der Waals surface area contributed by atoms with Crippen LogP contribution in [0.3, 0.4) is 0 Å². The number of hydrogen-bond acceptors (Lipinski definition) is 3. The summed E-state index contributed by atoms with van der Waals surface area (Å²) in [4.78, 5) is 12.6. The van der Waals surface area contributed by atoms with Crippen LogP contribution in [0.5, 0.6) is 0 Å². The first-order chi connectivity index (χ1) is 8.84. The maximum Gasteiger partial charge on any atom is 0.416 e. The molecule has 1 aromatic carbocycles. The predicted molar refractivity (Wildman–Crippen MR) is 61.3 cm³/mol. The zero-order chi connectivity index (χ0) is 14.5. The van der Waals surface area contributed by atoms with Crippen LogP contribution in [0, 0.1) is 0 Å². The van der Waals surface area contributed by atoms with Crippen LogP contribution < -0.4 is 0 Å². The van der Waals surface area contributed by atoms with Crippen molar-refractivity contribution in [3.05, 3.63) is 35.4 Å². The molecule has 1 N–H and O–H groups in total. The van der Waals surface area contributed by atoms with Gasteiger partial charge in [-0.05, 0) is 17.7 Å².